The number of para-hydroxylation sites is 1. The maximum absolute atomic E-state index is 13.6. The molecule has 0 atom stereocenters. The van der Waals surface area contributed by atoms with Crippen molar-refractivity contribution in [2.45, 2.75) is 45.2 Å². The molecule has 2 N–H and O–H groups in total. The van der Waals surface area contributed by atoms with Crippen molar-refractivity contribution in [2.75, 3.05) is 19.0 Å². The fourth-order valence-corrected chi connectivity index (χ4v) is 5.69. The molecule has 0 aliphatic heterocycles. The molecule has 2 amide bonds. The summed E-state index contributed by atoms with van der Waals surface area (Å²) in [7, 11) is 1.57. The van der Waals surface area contributed by atoms with Crippen molar-refractivity contribution < 1.29 is 14.3 Å². The van der Waals surface area contributed by atoms with Gasteiger partial charge in [-0.3, -0.25) is 23.5 Å². The summed E-state index contributed by atoms with van der Waals surface area (Å²) >= 11 is 0. The van der Waals surface area contributed by atoms with E-state index in [-0.39, 0.29) is 42.3 Å². The number of amides is 2. The summed E-state index contributed by atoms with van der Waals surface area (Å²) in [5.74, 6) is 0.379. The molecule has 218 valence electrons. The van der Waals surface area contributed by atoms with Gasteiger partial charge in [0, 0.05) is 24.7 Å². The average Bonchev–Trinajstić information content (AvgIpc) is 3.02. The Kier molecular flexibility index (Phi) is 9.16. The average molecular weight is 569 g/mol. The number of nitrogens with one attached hydrogen (secondary N) is 2. The Balaban J connectivity index is 1.24. The largest absolute Gasteiger partial charge is 0.497 e. The summed E-state index contributed by atoms with van der Waals surface area (Å²) in [6, 6.07) is 23.8. The van der Waals surface area contributed by atoms with Gasteiger partial charge < -0.3 is 15.4 Å². The van der Waals surface area contributed by atoms with Crippen molar-refractivity contribution in [3.8, 4) is 5.75 Å². The number of methoxy groups -OCH3 is 1. The third kappa shape index (κ3) is 6.79. The normalized spacial score (nSPS) is 16.6. The molecule has 0 bridgehead atoms. The second kappa shape index (κ2) is 13.3. The Morgan fingerprint density at radius 1 is 0.857 bits per heavy atom. The summed E-state index contributed by atoms with van der Waals surface area (Å²) in [6.07, 6.45) is 3.70. The molecule has 0 unspecified atom stereocenters. The van der Waals surface area contributed by atoms with Gasteiger partial charge in [0.05, 0.1) is 18.0 Å². The second-order valence-corrected chi connectivity index (χ2v) is 10.8. The van der Waals surface area contributed by atoms with Gasteiger partial charge in [-0.25, -0.2) is 4.79 Å². The van der Waals surface area contributed by atoms with E-state index in [9.17, 15) is 19.2 Å². The summed E-state index contributed by atoms with van der Waals surface area (Å²) in [5, 5.41) is 6.26. The molecule has 3 aromatic carbocycles. The number of hydrogen-bond acceptors (Lipinski definition) is 5. The van der Waals surface area contributed by atoms with Crippen LogP contribution in [0.2, 0.25) is 0 Å². The van der Waals surface area contributed by atoms with E-state index in [1.165, 1.54) is 14.7 Å². The van der Waals surface area contributed by atoms with Crippen molar-refractivity contribution in [3.63, 3.8) is 0 Å². The third-order valence-corrected chi connectivity index (χ3v) is 8.02. The predicted octanol–water partition coefficient (Wildman–Crippen LogP) is 3.98. The van der Waals surface area contributed by atoms with Crippen LogP contribution in [0.1, 0.15) is 31.2 Å². The first-order valence-electron chi connectivity index (χ1n) is 14.4. The predicted molar refractivity (Wildman–Crippen MR) is 163 cm³/mol. The number of nitrogens with zero attached hydrogens (tertiary/aromatic N) is 2. The standard InChI is InChI=1S/C33H36N4O5/c1-42-27-17-15-26(16-18-27)35-30(38)22-36-29-10-6-5-9-28(29)32(40)37(33(36)41)21-24-11-13-25(14-12-24)31(39)34-20-19-23-7-3-2-4-8-23/h2-10,15-18,24-25H,11-14,19-22H2,1H3,(H,34,39)(H,35,38). The number of fused-ring (bicyclic) bond motifs is 1. The van der Waals surface area contributed by atoms with Crippen LogP contribution in [0.5, 0.6) is 5.75 Å². The van der Waals surface area contributed by atoms with Crippen LogP contribution < -0.4 is 26.6 Å². The van der Waals surface area contributed by atoms with E-state index in [0.717, 1.165) is 19.3 Å². The van der Waals surface area contributed by atoms with Gasteiger partial charge in [-0.1, -0.05) is 42.5 Å². The van der Waals surface area contributed by atoms with Gasteiger partial charge >= 0.3 is 5.69 Å². The van der Waals surface area contributed by atoms with Gasteiger partial charge in [0.25, 0.3) is 5.56 Å². The number of benzene rings is 3. The first-order chi connectivity index (χ1) is 20.4. The lowest BCUT2D eigenvalue weighted by atomic mass is 9.81. The Morgan fingerprint density at radius 3 is 2.26 bits per heavy atom. The number of hydrogen-bond donors (Lipinski definition) is 2. The Labute approximate surface area is 244 Å². The van der Waals surface area contributed by atoms with Crippen LogP contribution in [-0.2, 0) is 29.1 Å². The highest BCUT2D eigenvalue weighted by Gasteiger charge is 2.27. The Bertz CT molecular complexity index is 1650. The molecule has 1 aromatic heterocycles. The molecule has 9 heteroatoms. The SMILES string of the molecule is COc1ccc(NC(=O)Cn2c(=O)n(CC3CCC(C(=O)NCCc4ccccc4)CC3)c(=O)c3ccccc32)cc1. The molecule has 1 fully saturated rings. The fraction of sp³-hybridized carbons (Fsp3) is 0.333. The van der Waals surface area contributed by atoms with Crippen molar-refractivity contribution in [1.29, 1.82) is 0 Å². The number of carbonyl (C=O) groups excluding carboxylic acids is 2. The lowest BCUT2D eigenvalue weighted by molar-refractivity contribution is -0.126. The molecule has 9 nitrogen and oxygen atoms in total. The Hall–Kier alpha value is -4.66. The summed E-state index contributed by atoms with van der Waals surface area (Å²) in [5.41, 5.74) is 1.32. The van der Waals surface area contributed by atoms with E-state index in [1.54, 1.807) is 55.6 Å². The van der Waals surface area contributed by atoms with Crippen LogP contribution in [0.15, 0.2) is 88.5 Å². The number of rotatable bonds is 10. The smallest absolute Gasteiger partial charge is 0.331 e. The van der Waals surface area contributed by atoms with Gasteiger partial charge in [-0.2, -0.15) is 0 Å². The van der Waals surface area contributed by atoms with Gasteiger partial charge in [0.15, 0.2) is 0 Å². The van der Waals surface area contributed by atoms with Crippen molar-refractivity contribution >= 4 is 28.4 Å². The molecular formula is C33H36N4O5. The summed E-state index contributed by atoms with van der Waals surface area (Å²) in [6.45, 7) is 0.618. The number of ether oxygens (including phenoxy) is 1. The lowest BCUT2D eigenvalue weighted by Crippen LogP contribution is -2.43. The molecule has 5 rings (SSSR count). The lowest BCUT2D eigenvalue weighted by Gasteiger charge is -2.28. The highest BCUT2D eigenvalue weighted by Crippen LogP contribution is 2.29. The molecule has 0 saturated heterocycles. The maximum Gasteiger partial charge on any atom is 0.331 e. The molecule has 42 heavy (non-hydrogen) atoms. The van der Waals surface area contributed by atoms with Crippen LogP contribution in [0.4, 0.5) is 5.69 Å². The minimum atomic E-state index is -0.510. The summed E-state index contributed by atoms with van der Waals surface area (Å²) in [4.78, 5) is 52.7. The van der Waals surface area contributed by atoms with E-state index >= 15 is 0 Å². The van der Waals surface area contributed by atoms with E-state index in [4.69, 9.17) is 4.74 Å². The number of carbonyl (C=O) groups is 2. The topological polar surface area (TPSA) is 111 Å². The minimum absolute atomic E-state index is 0.0661. The third-order valence-electron chi connectivity index (χ3n) is 8.02. The highest BCUT2D eigenvalue weighted by atomic mass is 16.5. The zero-order valence-electron chi connectivity index (χ0n) is 23.8. The molecule has 4 aromatic rings. The molecule has 1 saturated carbocycles. The molecule has 1 heterocycles. The van der Waals surface area contributed by atoms with Gasteiger partial charge in [0.2, 0.25) is 11.8 Å². The van der Waals surface area contributed by atoms with Crippen LogP contribution >= 0.6 is 0 Å². The van der Waals surface area contributed by atoms with E-state index in [0.29, 0.717) is 41.7 Å². The van der Waals surface area contributed by atoms with Gasteiger partial charge in [-0.05, 0) is 80.0 Å². The van der Waals surface area contributed by atoms with Crippen LogP contribution in [0, 0.1) is 11.8 Å². The zero-order chi connectivity index (χ0) is 29.5. The first-order valence-corrected chi connectivity index (χ1v) is 14.4. The van der Waals surface area contributed by atoms with Crippen LogP contribution in [0.25, 0.3) is 10.9 Å². The van der Waals surface area contributed by atoms with Gasteiger partial charge in [-0.15, -0.1) is 0 Å². The molecular weight excluding hydrogens is 532 g/mol. The second-order valence-electron chi connectivity index (χ2n) is 10.8. The van der Waals surface area contributed by atoms with Crippen molar-refractivity contribution in [2.24, 2.45) is 11.8 Å². The first kappa shape index (κ1) is 28.9. The van der Waals surface area contributed by atoms with Crippen molar-refractivity contribution in [3.05, 3.63) is 105 Å². The monoisotopic (exact) mass is 568 g/mol. The van der Waals surface area contributed by atoms with E-state index in [2.05, 4.69) is 10.6 Å². The molecule has 0 spiro atoms. The van der Waals surface area contributed by atoms with E-state index in [1.807, 2.05) is 30.3 Å². The molecule has 1 aliphatic rings. The van der Waals surface area contributed by atoms with E-state index < -0.39 is 5.69 Å². The number of aromatic nitrogens is 2. The minimum Gasteiger partial charge on any atom is -0.497 e. The summed E-state index contributed by atoms with van der Waals surface area (Å²) < 4.78 is 7.78. The fourth-order valence-electron chi connectivity index (χ4n) is 5.69. The van der Waals surface area contributed by atoms with Gasteiger partial charge in [0.1, 0.15) is 12.3 Å². The Morgan fingerprint density at radius 2 is 1.55 bits per heavy atom. The van der Waals surface area contributed by atoms with Crippen LogP contribution in [0.3, 0.4) is 0 Å². The molecule has 1 aliphatic carbocycles. The van der Waals surface area contributed by atoms with Crippen molar-refractivity contribution in [1.82, 2.24) is 14.5 Å². The quantitative estimate of drug-likeness (QED) is 0.301. The number of anilines is 1. The molecule has 0 radical (unpaired) electrons. The maximum atomic E-state index is 13.6. The van der Waals surface area contributed by atoms with Crippen LogP contribution in [-0.4, -0.2) is 34.6 Å². The highest BCUT2D eigenvalue weighted by molar-refractivity contribution is 5.91. The zero-order valence-corrected chi connectivity index (χ0v) is 23.8.